The molecule has 2 rings (SSSR count). The summed E-state index contributed by atoms with van der Waals surface area (Å²) >= 11 is 0. The summed E-state index contributed by atoms with van der Waals surface area (Å²) in [5.41, 5.74) is 2.45. The molecule has 140 valence electrons. The van der Waals surface area contributed by atoms with Crippen LogP contribution < -0.4 is 14.8 Å². The molecule has 4 nitrogen and oxygen atoms in total. The Morgan fingerprint density at radius 3 is 2.08 bits per heavy atom. The Balaban J connectivity index is 1.99. The van der Waals surface area contributed by atoms with Gasteiger partial charge >= 0.3 is 0 Å². The molecule has 0 saturated heterocycles. The maximum absolute atomic E-state index is 12.5. The summed E-state index contributed by atoms with van der Waals surface area (Å²) in [6.07, 6.45) is -0.623. The van der Waals surface area contributed by atoms with E-state index in [4.69, 9.17) is 9.47 Å². The minimum atomic E-state index is -0.623. The van der Waals surface area contributed by atoms with Crippen LogP contribution in [-0.4, -0.2) is 19.1 Å². The third-order valence-corrected chi connectivity index (χ3v) is 4.38. The Hall–Kier alpha value is -2.49. The lowest BCUT2D eigenvalue weighted by atomic mass is 9.86. The highest BCUT2D eigenvalue weighted by atomic mass is 16.5. The second kappa shape index (κ2) is 8.26. The Bertz CT molecular complexity index is 732. The first-order valence-corrected chi connectivity index (χ1v) is 8.93. The fraction of sp³-hybridized carbons (Fsp3) is 0.409. The molecule has 4 heteroatoms. The van der Waals surface area contributed by atoms with E-state index in [2.05, 4.69) is 50.4 Å². The molecular weight excluding hydrogens is 326 g/mol. The first-order chi connectivity index (χ1) is 12.2. The van der Waals surface area contributed by atoms with E-state index in [0.29, 0.717) is 11.5 Å². The summed E-state index contributed by atoms with van der Waals surface area (Å²) < 4.78 is 11.0. The minimum absolute atomic E-state index is 0.0970. The van der Waals surface area contributed by atoms with Crippen molar-refractivity contribution in [1.29, 1.82) is 0 Å². The van der Waals surface area contributed by atoms with Gasteiger partial charge in [-0.3, -0.25) is 4.79 Å². The molecule has 1 N–H and O–H groups in total. The number of carbonyl (C=O) groups is 1. The predicted molar refractivity (Wildman–Crippen MR) is 105 cm³/mol. The molecule has 0 aromatic heterocycles. The van der Waals surface area contributed by atoms with Crippen LogP contribution in [0.1, 0.15) is 51.8 Å². The molecule has 0 spiro atoms. The third-order valence-electron chi connectivity index (χ3n) is 4.38. The summed E-state index contributed by atoms with van der Waals surface area (Å²) in [7, 11) is 1.58. The molecule has 0 aliphatic heterocycles. The number of hydrogen-bond donors (Lipinski definition) is 1. The van der Waals surface area contributed by atoms with Crippen LogP contribution in [-0.2, 0) is 10.2 Å². The average Bonchev–Trinajstić information content (AvgIpc) is 2.61. The number of benzene rings is 2. The Morgan fingerprint density at radius 1 is 0.962 bits per heavy atom. The zero-order valence-corrected chi connectivity index (χ0v) is 16.5. The maximum Gasteiger partial charge on any atom is 0.261 e. The van der Waals surface area contributed by atoms with Crippen molar-refractivity contribution in [1.82, 2.24) is 5.32 Å². The number of hydrogen-bond acceptors (Lipinski definition) is 3. The van der Waals surface area contributed by atoms with E-state index >= 15 is 0 Å². The highest BCUT2D eigenvalue weighted by Crippen LogP contribution is 2.27. The molecule has 0 heterocycles. The lowest BCUT2D eigenvalue weighted by Gasteiger charge is -2.22. The van der Waals surface area contributed by atoms with Crippen molar-refractivity contribution < 1.29 is 14.3 Å². The quantitative estimate of drug-likeness (QED) is 0.821. The van der Waals surface area contributed by atoms with Crippen LogP contribution in [0.3, 0.4) is 0 Å². The average molecular weight is 355 g/mol. The van der Waals surface area contributed by atoms with Gasteiger partial charge in [0.25, 0.3) is 5.91 Å². The van der Waals surface area contributed by atoms with Gasteiger partial charge in [-0.15, -0.1) is 0 Å². The van der Waals surface area contributed by atoms with Crippen LogP contribution in [0.15, 0.2) is 48.5 Å². The number of rotatable bonds is 6. The standard InChI is InChI=1S/C22H29NO3/c1-15(17-11-13-18(14-12-17)22(3,4)5)23-21(24)16(2)26-20-10-8-7-9-19(20)25-6/h7-16H,1-6H3,(H,23,24)/t15-,16+/m1/s1. The number of ether oxygens (including phenoxy) is 2. The maximum atomic E-state index is 12.5. The van der Waals surface area contributed by atoms with Crippen molar-refractivity contribution in [2.24, 2.45) is 0 Å². The fourth-order valence-corrected chi connectivity index (χ4v) is 2.65. The lowest BCUT2D eigenvalue weighted by molar-refractivity contribution is -0.127. The number of carbonyl (C=O) groups excluding carboxylic acids is 1. The SMILES string of the molecule is COc1ccccc1O[C@@H](C)C(=O)N[C@H](C)c1ccc(C(C)(C)C)cc1. The molecule has 2 atom stereocenters. The van der Waals surface area contributed by atoms with Gasteiger partial charge in [-0.1, -0.05) is 57.2 Å². The Morgan fingerprint density at radius 2 is 1.54 bits per heavy atom. The van der Waals surface area contributed by atoms with E-state index < -0.39 is 6.10 Å². The van der Waals surface area contributed by atoms with Crippen molar-refractivity contribution >= 4 is 5.91 Å². The van der Waals surface area contributed by atoms with Gasteiger partial charge in [-0.2, -0.15) is 0 Å². The monoisotopic (exact) mass is 355 g/mol. The minimum Gasteiger partial charge on any atom is -0.493 e. The van der Waals surface area contributed by atoms with Crippen LogP contribution in [0.2, 0.25) is 0 Å². The van der Waals surface area contributed by atoms with Crippen molar-refractivity contribution in [3.05, 3.63) is 59.7 Å². The van der Waals surface area contributed by atoms with Gasteiger partial charge in [0.15, 0.2) is 17.6 Å². The predicted octanol–water partition coefficient (Wildman–Crippen LogP) is 4.64. The highest BCUT2D eigenvalue weighted by molar-refractivity contribution is 5.81. The Labute approximate surface area is 156 Å². The summed E-state index contributed by atoms with van der Waals surface area (Å²) in [4.78, 5) is 12.5. The molecule has 0 radical (unpaired) electrons. The number of para-hydroxylation sites is 2. The molecule has 0 aliphatic rings. The second-order valence-corrected chi connectivity index (χ2v) is 7.51. The van der Waals surface area contributed by atoms with E-state index in [0.717, 1.165) is 5.56 Å². The van der Waals surface area contributed by atoms with Crippen LogP contribution in [0.5, 0.6) is 11.5 Å². The van der Waals surface area contributed by atoms with Crippen molar-refractivity contribution in [2.45, 2.75) is 52.2 Å². The summed E-state index contributed by atoms with van der Waals surface area (Å²) in [5, 5.41) is 3.01. The molecule has 26 heavy (non-hydrogen) atoms. The van der Waals surface area contributed by atoms with E-state index in [-0.39, 0.29) is 17.4 Å². The molecular formula is C22H29NO3. The van der Waals surface area contributed by atoms with Gasteiger partial charge in [0.2, 0.25) is 0 Å². The van der Waals surface area contributed by atoms with Crippen LogP contribution in [0, 0.1) is 0 Å². The summed E-state index contributed by atoms with van der Waals surface area (Å²) in [6, 6.07) is 15.6. The van der Waals surface area contributed by atoms with E-state index in [9.17, 15) is 4.79 Å². The number of nitrogens with one attached hydrogen (secondary N) is 1. The topological polar surface area (TPSA) is 47.6 Å². The smallest absolute Gasteiger partial charge is 0.261 e. The number of methoxy groups -OCH3 is 1. The normalized spacial score (nSPS) is 13.6. The summed E-state index contributed by atoms with van der Waals surface area (Å²) in [6.45, 7) is 10.3. The molecule has 0 saturated carbocycles. The van der Waals surface area contributed by atoms with Crippen LogP contribution >= 0.6 is 0 Å². The van der Waals surface area contributed by atoms with E-state index in [1.54, 1.807) is 26.2 Å². The third kappa shape index (κ3) is 5.01. The molecule has 1 amide bonds. The van der Waals surface area contributed by atoms with Crippen molar-refractivity contribution in [2.75, 3.05) is 7.11 Å². The second-order valence-electron chi connectivity index (χ2n) is 7.51. The Kier molecular flexibility index (Phi) is 6.30. The van der Waals surface area contributed by atoms with Gasteiger partial charge in [0.05, 0.1) is 13.2 Å². The molecule has 0 unspecified atom stereocenters. The van der Waals surface area contributed by atoms with Gasteiger partial charge in [0, 0.05) is 0 Å². The zero-order valence-electron chi connectivity index (χ0n) is 16.5. The van der Waals surface area contributed by atoms with E-state index in [1.165, 1.54) is 5.56 Å². The first kappa shape index (κ1) is 19.8. The van der Waals surface area contributed by atoms with Gasteiger partial charge in [-0.05, 0) is 42.5 Å². The van der Waals surface area contributed by atoms with E-state index in [1.807, 2.05) is 19.1 Å². The number of amides is 1. The van der Waals surface area contributed by atoms with Crippen molar-refractivity contribution in [3.8, 4) is 11.5 Å². The summed E-state index contributed by atoms with van der Waals surface area (Å²) in [5.74, 6) is 1.00. The van der Waals surface area contributed by atoms with Gasteiger partial charge in [0.1, 0.15) is 0 Å². The highest BCUT2D eigenvalue weighted by Gasteiger charge is 2.20. The zero-order chi connectivity index (χ0) is 19.3. The molecule has 0 bridgehead atoms. The van der Waals surface area contributed by atoms with Crippen molar-refractivity contribution in [3.63, 3.8) is 0 Å². The molecule has 0 fully saturated rings. The van der Waals surface area contributed by atoms with Gasteiger partial charge < -0.3 is 14.8 Å². The van der Waals surface area contributed by atoms with Crippen LogP contribution in [0.4, 0.5) is 0 Å². The molecule has 2 aromatic rings. The van der Waals surface area contributed by atoms with Crippen LogP contribution in [0.25, 0.3) is 0 Å². The molecule has 0 aliphatic carbocycles. The first-order valence-electron chi connectivity index (χ1n) is 8.93. The lowest BCUT2D eigenvalue weighted by Crippen LogP contribution is -2.37. The fourth-order valence-electron chi connectivity index (χ4n) is 2.65. The molecule has 2 aromatic carbocycles. The van der Waals surface area contributed by atoms with Gasteiger partial charge in [-0.25, -0.2) is 0 Å². The largest absolute Gasteiger partial charge is 0.493 e.